The summed E-state index contributed by atoms with van der Waals surface area (Å²) in [6, 6.07) is 8.88. The molecule has 1 amide bonds. The molecule has 2 aliphatic carbocycles. The number of aryl methyl sites for hydroxylation is 1. The Bertz CT molecular complexity index is 513. The maximum Gasteiger partial charge on any atom is 0.224 e. The van der Waals surface area contributed by atoms with E-state index in [1.54, 1.807) is 0 Å². The van der Waals surface area contributed by atoms with Gasteiger partial charge in [-0.25, -0.2) is 0 Å². The number of rotatable bonds is 4. The van der Waals surface area contributed by atoms with Crippen LogP contribution >= 0.6 is 15.9 Å². The van der Waals surface area contributed by atoms with Gasteiger partial charge < -0.3 is 5.32 Å². The number of amides is 1. The first-order valence-corrected chi connectivity index (χ1v) is 8.51. The third-order valence-corrected chi connectivity index (χ3v) is 5.07. The molecule has 1 aromatic carbocycles. The Hall–Kier alpha value is -0.830. The lowest BCUT2D eigenvalue weighted by Crippen LogP contribution is -2.35. The summed E-state index contributed by atoms with van der Waals surface area (Å²) in [5.41, 5.74) is 2.87. The van der Waals surface area contributed by atoms with Gasteiger partial charge in [-0.3, -0.25) is 4.79 Å². The van der Waals surface area contributed by atoms with E-state index in [9.17, 15) is 4.79 Å². The average Bonchev–Trinajstić information content (AvgIpc) is 3.12. The van der Waals surface area contributed by atoms with Crippen molar-refractivity contribution in [3.05, 3.63) is 35.4 Å². The SMILES string of the molecule is CC(Br)CC(C)NC(=O)C1C2CCc3ccccc3C21. The molecule has 2 nitrogen and oxygen atoms in total. The first kappa shape index (κ1) is 14.1. The average molecular weight is 336 g/mol. The fraction of sp³-hybridized carbons (Fsp3) is 0.588. The van der Waals surface area contributed by atoms with Crippen LogP contribution in [0.15, 0.2) is 24.3 Å². The number of fused-ring (bicyclic) bond motifs is 3. The molecule has 3 heteroatoms. The molecule has 0 spiro atoms. The van der Waals surface area contributed by atoms with E-state index in [0.717, 1.165) is 12.8 Å². The van der Waals surface area contributed by atoms with Crippen molar-refractivity contribution in [2.45, 2.75) is 49.9 Å². The first-order chi connectivity index (χ1) is 9.58. The molecule has 1 N–H and O–H groups in total. The van der Waals surface area contributed by atoms with E-state index in [2.05, 4.69) is 59.4 Å². The van der Waals surface area contributed by atoms with Crippen LogP contribution < -0.4 is 5.32 Å². The predicted octanol–water partition coefficient (Wildman–Crippen LogP) is 3.64. The quantitative estimate of drug-likeness (QED) is 0.836. The molecule has 3 rings (SSSR count). The normalized spacial score (nSPS) is 29.9. The minimum atomic E-state index is 0.215. The van der Waals surface area contributed by atoms with Crippen molar-refractivity contribution in [2.24, 2.45) is 11.8 Å². The molecule has 2 aliphatic rings. The summed E-state index contributed by atoms with van der Waals surface area (Å²) < 4.78 is 0. The summed E-state index contributed by atoms with van der Waals surface area (Å²) >= 11 is 3.55. The van der Waals surface area contributed by atoms with Crippen LogP contribution in [0.4, 0.5) is 0 Å². The topological polar surface area (TPSA) is 29.1 Å². The fourth-order valence-electron chi connectivity index (χ4n) is 3.81. The van der Waals surface area contributed by atoms with Crippen LogP contribution in [0, 0.1) is 11.8 Å². The lowest BCUT2D eigenvalue weighted by Gasteiger charge is -2.15. The number of nitrogens with one attached hydrogen (secondary N) is 1. The Kier molecular flexibility index (Phi) is 3.89. The molecular weight excluding hydrogens is 314 g/mol. The van der Waals surface area contributed by atoms with Crippen LogP contribution in [0.3, 0.4) is 0 Å². The van der Waals surface area contributed by atoms with Crippen molar-refractivity contribution in [3.63, 3.8) is 0 Å². The third-order valence-electron chi connectivity index (χ3n) is 4.70. The monoisotopic (exact) mass is 335 g/mol. The summed E-state index contributed by atoms with van der Waals surface area (Å²) in [7, 11) is 0. The summed E-state index contributed by atoms with van der Waals surface area (Å²) in [5.74, 6) is 1.54. The van der Waals surface area contributed by atoms with E-state index in [1.165, 1.54) is 17.5 Å². The molecule has 108 valence electrons. The predicted molar refractivity (Wildman–Crippen MR) is 85.1 cm³/mol. The van der Waals surface area contributed by atoms with Crippen LogP contribution in [0.5, 0.6) is 0 Å². The highest BCUT2D eigenvalue weighted by atomic mass is 79.9. The van der Waals surface area contributed by atoms with Crippen molar-refractivity contribution < 1.29 is 4.79 Å². The fourth-order valence-corrected chi connectivity index (χ4v) is 4.37. The van der Waals surface area contributed by atoms with Gasteiger partial charge in [-0.2, -0.15) is 0 Å². The molecule has 0 aliphatic heterocycles. The zero-order chi connectivity index (χ0) is 14.3. The largest absolute Gasteiger partial charge is 0.353 e. The molecule has 20 heavy (non-hydrogen) atoms. The molecule has 0 aromatic heterocycles. The van der Waals surface area contributed by atoms with Crippen molar-refractivity contribution in [3.8, 4) is 0 Å². The number of hydrogen-bond donors (Lipinski definition) is 1. The van der Waals surface area contributed by atoms with Crippen molar-refractivity contribution in [1.29, 1.82) is 0 Å². The van der Waals surface area contributed by atoms with Gasteiger partial charge in [-0.05, 0) is 49.1 Å². The maximum atomic E-state index is 12.4. The molecule has 0 heterocycles. The third kappa shape index (κ3) is 2.65. The minimum absolute atomic E-state index is 0.215. The van der Waals surface area contributed by atoms with Gasteiger partial charge in [0.15, 0.2) is 0 Å². The van der Waals surface area contributed by atoms with Gasteiger partial charge in [0, 0.05) is 16.8 Å². The highest BCUT2D eigenvalue weighted by molar-refractivity contribution is 9.09. The minimum Gasteiger partial charge on any atom is -0.353 e. The summed E-state index contributed by atoms with van der Waals surface area (Å²) in [6.45, 7) is 4.21. The zero-order valence-electron chi connectivity index (χ0n) is 12.1. The summed E-state index contributed by atoms with van der Waals surface area (Å²) in [5, 5.41) is 3.19. The number of halogens is 1. The van der Waals surface area contributed by atoms with E-state index < -0.39 is 0 Å². The lowest BCUT2D eigenvalue weighted by atomic mass is 9.92. The highest BCUT2D eigenvalue weighted by Gasteiger charge is 2.56. The summed E-state index contributed by atoms with van der Waals surface area (Å²) in [6.07, 6.45) is 3.28. The summed E-state index contributed by atoms with van der Waals surface area (Å²) in [4.78, 5) is 12.9. The molecule has 1 saturated carbocycles. The van der Waals surface area contributed by atoms with Crippen molar-refractivity contribution in [2.75, 3.05) is 0 Å². The Morgan fingerprint density at radius 3 is 2.90 bits per heavy atom. The van der Waals surface area contributed by atoms with Crippen LogP contribution in [-0.4, -0.2) is 16.8 Å². The van der Waals surface area contributed by atoms with Crippen LogP contribution in [0.2, 0.25) is 0 Å². The lowest BCUT2D eigenvalue weighted by molar-refractivity contribution is -0.123. The Balaban J connectivity index is 1.65. The number of carbonyl (C=O) groups excluding carboxylic acids is 1. The second-order valence-electron chi connectivity index (χ2n) is 6.38. The van der Waals surface area contributed by atoms with Gasteiger partial charge in [0.25, 0.3) is 0 Å². The number of carbonyl (C=O) groups is 1. The Labute approximate surface area is 129 Å². The second kappa shape index (κ2) is 5.51. The zero-order valence-corrected chi connectivity index (χ0v) is 13.7. The molecule has 1 fully saturated rings. The van der Waals surface area contributed by atoms with E-state index in [4.69, 9.17) is 0 Å². The van der Waals surface area contributed by atoms with E-state index in [1.807, 2.05) is 0 Å². The molecular formula is C17H22BrNO. The standard InChI is InChI=1S/C17H22BrNO/c1-10(18)9-11(2)19-17(20)16-14-8-7-12-5-3-4-6-13(12)15(14)16/h3-6,10-11,14-16H,7-9H2,1-2H3,(H,19,20). The molecule has 5 atom stereocenters. The smallest absolute Gasteiger partial charge is 0.224 e. The number of alkyl halides is 1. The number of hydrogen-bond acceptors (Lipinski definition) is 1. The first-order valence-electron chi connectivity index (χ1n) is 7.60. The second-order valence-corrected chi connectivity index (χ2v) is 7.94. The highest BCUT2D eigenvalue weighted by Crippen LogP contribution is 2.59. The van der Waals surface area contributed by atoms with Gasteiger partial charge in [-0.1, -0.05) is 47.1 Å². The van der Waals surface area contributed by atoms with E-state index in [-0.39, 0.29) is 17.9 Å². The van der Waals surface area contributed by atoms with Gasteiger partial charge in [0.05, 0.1) is 0 Å². The van der Waals surface area contributed by atoms with E-state index in [0.29, 0.717) is 16.7 Å². The molecule has 0 saturated heterocycles. The van der Waals surface area contributed by atoms with Crippen LogP contribution in [0.1, 0.15) is 43.7 Å². The van der Waals surface area contributed by atoms with Crippen LogP contribution in [-0.2, 0) is 11.2 Å². The Morgan fingerprint density at radius 1 is 1.40 bits per heavy atom. The molecule has 5 unspecified atom stereocenters. The molecule has 1 aromatic rings. The van der Waals surface area contributed by atoms with Crippen molar-refractivity contribution >= 4 is 21.8 Å². The Morgan fingerprint density at radius 2 is 2.15 bits per heavy atom. The number of benzene rings is 1. The molecule has 0 bridgehead atoms. The van der Waals surface area contributed by atoms with Gasteiger partial charge in [0.1, 0.15) is 0 Å². The van der Waals surface area contributed by atoms with Gasteiger partial charge in [0.2, 0.25) is 5.91 Å². The van der Waals surface area contributed by atoms with Gasteiger partial charge >= 0.3 is 0 Å². The molecule has 0 radical (unpaired) electrons. The maximum absolute atomic E-state index is 12.4. The van der Waals surface area contributed by atoms with Gasteiger partial charge in [-0.15, -0.1) is 0 Å². The van der Waals surface area contributed by atoms with Crippen molar-refractivity contribution in [1.82, 2.24) is 5.32 Å². The van der Waals surface area contributed by atoms with Crippen LogP contribution in [0.25, 0.3) is 0 Å². The van der Waals surface area contributed by atoms with E-state index >= 15 is 0 Å².